The normalized spacial score (nSPS) is 39.2. The maximum absolute atomic E-state index is 10.2. The average molecular weight is 477 g/mol. The van der Waals surface area contributed by atoms with Gasteiger partial charge in [-0.1, -0.05) is 18.2 Å². The van der Waals surface area contributed by atoms with Crippen molar-refractivity contribution >= 4 is 0 Å². The molecule has 0 radical (unpaired) electrons. The molecule has 11 heteroatoms. The molecular weight excluding hydrogens is 440 g/mol. The summed E-state index contributed by atoms with van der Waals surface area (Å²) < 4.78 is 40.3. The molecule has 0 aliphatic carbocycles. The lowest BCUT2D eigenvalue weighted by Crippen LogP contribution is -2.63. The Balaban J connectivity index is 2.20. The number of methoxy groups -OCH3 is 1. The van der Waals surface area contributed by atoms with Gasteiger partial charge in [0.15, 0.2) is 12.6 Å². The van der Waals surface area contributed by atoms with Crippen LogP contribution >= 0.6 is 0 Å². The van der Waals surface area contributed by atoms with Crippen molar-refractivity contribution in [2.24, 2.45) is 0 Å². The summed E-state index contributed by atoms with van der Waals surface area (Å²) in [5.74, 6) is 0. The van der Waals surface area contributed by atoms with Crippen LogP contribution in [0.5, 0.6) is 0 Å². The molecule has 4 N–H and O–H groups in total. The van der Waals surface area contributed by atoms with Crippen molar-refractivity contribution in [2.75, 3.05) is 40.1 Å². The predicted octanol–water partition coefficient (Wildman–Crippen LogP) is -1.11. The van der Waals surface area contributed by atoms with Crippen LogP contribution in [0, 0.1) is 0 Å². The third-order valence-electron chi connectivity index (χ3n) is 5.32. The van der Waals surface area contributed by atoms with E-state index in [1.165, 1.54) is 7.11 Å². The van der Waals surface area contributed by atoms with Gasteiger partial charge in [-0.05, 0) is 0 Å². The lowest BCUT2D eigenvalue weighted by Gasteiger charge is -2.46. The van der Waals surface area contributed by atoms with Gasteiger partial charge in [-0.3, -0.25) is 0 Å². The van der Waals surface area contributed by atoms with Crippen molar-refractivity contribution in [1.29, 1.82) is 0 Å². The smallest absolute Gasteiger partial charge is 0.186 e. The fourth-order valence-corrected chi connectivity index (χ4v) is 3.70. The standard InChI is InChI=1S/C22H36O11/c1-5-8-28-18-14(12-31-21-17(26)16(25)15(24)13(11-23)32-21)33-22(27-4)20(30-10-7-3)19(18)29-9-6-2/h5-7,13-26H,1-3,8-12H2,4H3/t13-,14-,15-,16+,17+,18-,19+,20-,21+,22+/m1/s1. The number of aliphatic hydroxyl groups excluding tert-OH is 4. The molecule has 33 heavy (non-hydrogen) atoms. The third-order valence-corrected chi connectivity index (χ3v) is 5.32. The fraction of sp³-hybridized carbons (Fsp3) is 0.727. The number of rotatable bonds is 14. The second-order valence-electron chi connectivity index (χ2n) is 7.57. The molecule has 10 atom stereocenters. The molecule has 2 rings (SSSR count). The number of hydrogen-bond donors (Lipinski definition) is 4. The van der Waals surface area contributed by atoms with Gasteiger partial charge in [0.2, 0.25) is 0 Å². The van der Waals surface area contributed by atoms with Crippen LogP contribution in [0.3, 0.4) is 0 Å². The Morgan fingerprint density at radius 2 is 1.24 bits per heavy atom. The Morgan fingerprint density at radius 3 is 1.79 bits per heavy atom. The number of hydrogen-bond acceptors (Lipinski definition) is 11. The highest BCUT2D eigenvalue weighted by atomic mass is 16.7. The minimum Gasteiger partial charge on any atom is -0.394 e. The molecular formula is C22H36O11. The minimum atomic E-state index is -1.56. The van der Waals surface area contributed by atoms with Crippen LogP contribution in [-0.4, -0.2) is 122 Å². The predicted molar refractivity (Wildman–Crippen MR) is 115 cm³/mol. The van der Waals surface area contributed by atoms with E-state index in [0.717, 1.165) is 0 Å². The van der Waals surface area contributed by atoms with E-state index in [4.69, 9.17) is 33.2 Å². The molecule has 2 heterocycles. The van der Waals surface area contributed by atoms with Gasteiger partial charge in [0.1, 0.15) is 48.8 Å². The van der Waals surface area contributed by atoms with E-state index in [1.54, 1.807) is 18.2 Å². The maximum Gasteiger partial charge on any atom is 0.186 e. The van der Waals surface area contributed by atoms with Gasteiger partial charge in [0, 0.05) is 7.11 Å². The monoisotopic (exact) mass is 476 g/mol. The Morgan fingerprint density at radius 1 is 0.697 bits per heavy atom. The SMILES string of the molecule is C=CCO[C@@H]1[C@@H](OCC=C)[C@@H](OC)O[C@H](CO[C@H]2O[C@H](CO)[C@@H](O)[C@H](O)[C@@H]2O)[C@H]1OCC=C. The van der Waals surface area contributed by atoms with Crippen LogP contribution in [0.1, 0.15) is 0 Å². The third kappa shape index (κ3) is 7.13. The van der Waals surface area contributed by atoms with E-state index < -0.39 is 68.0 Å². The molecule has 0 saturated carbocycles. The van der Waals surface area contributed by atoms with E-state index in [0.29, 0.717) is 0 Å². The summed E-state index contributed by atoms with van der Waals surface area (Å²) >= 11 is 0. The summed E-state index contributed by atoms with van der Waals surface area (Å²) in [6.45, 7) is 10.9. The highest BCUT2D eigenvalue weighted by Gasteiger charge is 2.50. The van der Waals surface area contributed by atoms with Gasteiger partial charge in [0.05, 0.1) is 33.0 Å². The van der Waals surface area contributed by atoms with Gasteiger partial charge in [-0.25, -0.2) is 0 Å². The summed E-state index contributed by atoms with van der Waals surface area (Å²) in [5, 5.41) is 39.6. The second kappa shape index (κ2) is 14.2. The van der Waals surface area contributed by atoms with E-state index in [-0.39, 0.29) is 26.4 Å². The average Bonchev–Trinajstić information content (AvgIpc) is 2.83. The lowest BCUT2D eigenvalue weighted by molar-refractivity contribution is -0.336. The topological polar surface area (TPSA) is 146 Å². The zero-order valence-corrected chi connectivity index (χ0v) is 18.8. The molecule has 2 saturated heterocycles. The lowest BCUT2D eigenvalue weighted by atomic mass is 9.97. The first-order chi connectivity index (χ1) is 15.9. The molecule has 2 aliphatic heterocycles. The summed E-state index contributed by atoms with van der Waals surface area (Å²) in [6.07, 6.45) is -5.89. The van der Waals surface area contributed by atoms with Gasteiger partial charge in [0.25, 0.3) is 0 Å². The summed E-state index contributed by atoms with van der Waals surface area (Å²) in [6, 6.07) is 0. The van der Waals surface area contributed by atoms with Crippen LogP contribution in [0.2, 0.25) is 0 Å². The van der Waals surface area contributed by atoms with Crippen molar-refractivity contribution in [3.8, 4) is 0 Å². The molecule has 11 nitrogen and oxygen atoms in total. The van der Waals surface area contributed by atoms with Crippen LogP contribution in [-0.2, 0) is 33.2 Å². The highest BCUT2D eigenvalue weighted by molar-refractivity contribution is 4.95. The molecule has 0 aromatic heterocycles. The molecule has 0 unspecified atom stereocenters. The summed E-state index contributed by atoms with van der Waals surface area (Å²) in [5.41, 5.74) is 0. The first kappa shape index (κ1) is 28.0. The van der Waals surface area contributed by atoms with Crippen LogP contribution < -0.4 is 0 Å². The Hall–Kier alpha value is -1.22. The molecule has 0 aromatic carbocycles. The van der Waals surface area contributed by atoms with Crippen molar-refractivity contribution in [3.05, 3.63) is 38.0 Å². The Labute approximate surface area is 193 Å². The molecule has 0 aromatic rings. The van der Waals surface area contributed by atoms with Crippen LogP contribution in [0.15, 0.2) is 38.0 Å². The number of ether oxygens (including phenoxy) is 7. The molecule has 0 amide bonds. The van der Waals surface area contributed by atoms with Crippen LogP contribution in [0.4, 0.5) is 0 Å². The Bertz CT molecular complexity index is 601. The summed E-state index contributed by atoms with van der Waals surface area (Å²) in [7, 11) is 1.46. The van der Waals surface area contributed by atoms with E-state index >= 15 is 0 Å². The minimum absolute atomic E-state index is 0.160. The second-order valence-corrected chi connectivity index (χ2v) is 7.57. The summed E-state index contributed by atoms with van der Waals surface area (Å²) in [4.78, 5) is 0. The zero-order valence-electron chi connectivity index (χ0n) is 18.8. The van der Waals surface area contributed by atoms with Crippen molar-refractivity contribution in [3.63, 3.8) is 0 Å². The molecule has 190 valence electrons. The molecule has 2 aliphatic rings. The van der Waals surface area contributed by atoms with E-state index in [1.807, 2.05) is 0 Å². The maximum atomic E-state index is 10.2. The van der Waals surface area contributed by atoms with Crippen molar-refractivity contribution < 1.29 is 53.6 Å². The fourth-order valence-electron chi connectivity index (χ4n) is 3.70. The van der Waals surface area contributed by atoms with Gasteiger partial charge in [-0.2, -0.15) is 0 Å². The van der Waals surface area contributed by atoms with Gasteiger partial charge < -0.3 is 53.6 Å². The van der Waals surface area contributed by atoms with Gasteiger partial charge in [-0.15, -0.1) is 19.7 Å². The first-order valence-electron chi connectivity index (χ1n) is 10.7. The zero-order chi connectivity index (χ0) is 24.4. The quantitative estimate of drug-likeness (QED) is 0.226. The largest absolute Gasteiger partial charge is 0.394 e. The molecule has 0 bridgehead atoms. The molecule has 0 spiro atoms. The van der Waals surface area contributed by atoms with Crippen molar-refractivity contribution in [2.45, 2.75) is 61.4 Å². The van der Waals surface area contributed by atoms with Gasteiger partial charge >= 0.3 is 0 Å². The van der Waals surface area contributed by atoms with Crippen LogP contribution in [0.25, 0.3) is 0 Å². The van der Waals surface area contributed by atoms with E-state index in [2.05, 4.69) is 19.7 Å². The van der Waals surface area contributed by atoms with Crippen molar-refractivity contribution in [1.82, 2.24) is 0 Å². The highest BCUT2D eigenvalue weighted by Crippen LogP contribution is 2.30. The molecule has 2 fully saturated rings. The number of aliphatic hydroxyl groups is 4. The van der Waals surface area contributed by atoms with E-state index in [9.17, 15) is 20.4 Å². The first-order valence-corrected chi connectivity index (χ1v) is 10.7. The Kier molecular flexibility index (Phi) is 12.1.